The van der Waals surface area contributed by atoms with Gasteiger partial charge in [-0.1, -0.05) is 30.3 Å². The summed E-state index contributed by atoms with van der Waals surface area (Å²) in [6, 6.07) is 15.9. The maximum absolute atomic E-state index is 5.76. The summed E-state index contributed by atoms with van der Waals surface area (Å²) in [4.78, 5) is 2.46. The van der Waals surface area contributed by atoms with E-state index in [2.05, 4.69) is 36.0 Å². The number of benzene rings is 2. The topological polar surface area (TPSA) is 61.2 Å². The van der Waals surface area contributed by atoms with E-state index in [-0.39, 0.29) is 0 Å². The summed E-state index contributed by atoms with van der Waals surface area (Å²) < 4.78 is 14.9. The van der Waals surface area contributed by atoms with Crippen molar-refractivity contribution in [1.82, 2.24) is 24.5 Å². The van der Waals surface area contributed by atoms with Crippen molar-refractivity contribution in [2.75, 3.05) is 14.2 Å². The molecule has 4 rings (SSSR count). The van der Waals surface area contributed by atoms with Gasteiger partial charge in [0.05, 0.1) is 30.7 Å². The number of nitrogens with zero attached hydrogens (tertiary/aromatic N) is 5. The molecule has 166 valence electrons. The highest BCUT2D eigenvalue weighted by molar-refractivity contribution is 7.71. The average molecular weight is 450 g/mol. The van der Waals surface area contributed by atoms with Gasteiger partial charge in [0.15, 0.2) is 0 Å². The van der Waals surface area contributed by atoms with Crippen LogP contribution in [0.25, 0.3) is 17.1 Å². The third-order valence-corrected chi connectivity index (χ3v) is 5.83. The van der Waals surface area contributed by atoms with Crippen molar-refractivity contribution in [2.24, 2.45) is 0 Å². The molecule has 0 bridgehead atoms. The van der Waals surface area contributed by atoms with Crippen LogP contribution < -0.4 is 4.74 Å². The van der Waals surface area contributed by atoms with Crippen molar-refractivity contribution < 1.29 is 9.15 Å². The third kappa shape index (κ3) is 4.24. The van der Waals surface area contributed by atoms with Crippen LogP contribution in [-0.2, 0) is 13.2 Å². The van der Waals surface area contributed by atoms with E-state index < -0.39 is 0 Å². The summed E-state index contributed by atoms with van der Waals surface area (Å²) >= 11 is 5.42. The van der Waals surface area contributed by atoms with Crippen LogP contribution in [0.15, 0.2) is 52.9 Å². The standard InChI is InChI=1S/C24H27N5O2S/c1-16-10-6-8-12-21(16)29-18(3)20(17(2)25-29)14-27(4)15-28-24(32)31-23(26-28)19-11-7-9-13-22(19)30-5/h6-13H,14-15H2,1-5H3. The monoisotopic (exact) mass is 449 g/mol. The van der Waals surface area contributed by atoms with Gasteiger partial charge in [-0.15, -0.1) is 5.10 Å². The molecule has 0 N–H and O–H groups in total. The predicted molar refractivity (Wildman–Crippen MR) is 127 cm³/mol. The minimum Gasteiger partial charge on any atom is -0.496 e. The molecule has 0 saturated heterocycles. The van der Waals surface area contributed by atoms with Crippen LogP contribution in [0.4, 0.5) is 0 Å². The molecule has 2 aromatic carbocycles. The molecule has 0 fully saturated rings. The summed E-state index contributed by atoms with van der Waals surface area (Å²) in [5, 5.41) is 9.38. The van der Waals surface area contributed by atoms with Crippen molar-refractivity contribution in [3.63, 3.8) is 0 Å². The van der Waals surface area contributed by atoms with E-state index in [1.807, 2.05) is 55.1 Å². The van der Waals surface area contributed by atoms with Crippen molar-refractivity contribution in [3.05, 3.63) is 75.9 Å². The third-order valence-electron chi connectivity index (χ3n) is 5.53. The lowest BCUT2D eigenvalue weighted by Gasteiger charge is -2.16. The van der Waals surface area contributed by atoms with Gasteiger partial charge >= 0.3 is 0 Å². The summed E-state index contributed by atoms with van der Waals surface area (Å²) in [6.45, 7) is 7.46. The lowest BCUT2D eigenvalue weighted by atomic mass is 10.1. The minimum atomic E-state index is 0.321. The number of rotatable bonds is 7. The van der Waals surface area contributed by atoms with Gasteiger partial charge in [-0.25, -0.2) is 9.36 Å². The Morgan fingerprint density at radius 3 is 2.50 bits per heavy atom. The summed E-state index contributed by atoms with van der Waals surface area (Å²) in [6.07, 6.45) is 0. The molecule has 0 aliphatic heterocycles. The number of ether oxygens (including phenoxy) is 1. The highest BCUT2D eigenvalue weighted by Gasteiger charge is 2.17. The zero-order chi connectivity index (χ0) is 22.8. The number of aromatic nitrogens is 4. The van der Waals surface area contributed by atoms with E-state index in [0.717, 1.165) is 22.6 Å². The van der Waals surface area contributed by atoms with Crippen molar-refractivity contribution in [1.29, 1.82) is 0 Å². The summed E-state index contributed by atoms with van der Waals surface area (Å²) in [5.41, 5.74) is 6.39. The largest absolute Gasteiger partial charge is 0.496 e. The molecule has 0 amide bonds. The Hall–Kier alpha value is -3.23. The molecule has 0 radical (unpaired) electrons. The first kappa shape index (κ1) is 22.0. The van der Waals surface area contributed by atoms with Crippen LogP contribution in [-0.4, -0.2) is 38.6 Å². The molecule has 2 aromatic heterocycles. The Kier molecular flexibility index (Phi) is 6.25. The number of hydrogen-bond acceptors (Lipinski definition) is 6. The molecule has 0 aliphatic rings. The Morgan fingerprint density at radius 2 is 1.75 bits per heavy atom. The Morgan fingerprint density at radius 1 is 1.03 bits per heavy atom. The quantitative estimate of drug-likeness (QED) is 0.367. The van der Waals surface area contributed by atoms with Crippen LogP contribution in [0.2, 0.25) is 0 Å². The Bertz CT molecular complexity index is 1300. The molecule has 0 unspecified atom stereocenters. The van der Waals surface area contributed by atoms with Gasteiger partial charge in [-0.2, -0.15) is 5.10 Å². The molecule has 7 nitrogen and oxygen atoms in total. The smallest absolute Gasteiger partial charge is 0.288 e. The Labute approximate surface area is 192 Å². The highest BCUT2D eigenvalue weighted by Crippen LogP contribution is 2.28. The zero-order valence-electron chi connectivity index (χ0n) is 19.0. The van der Waals surface area contributed by atoms with E-state index in [4.69, 9.17) is 26.5 Å². The van der Waals surface area contributed by atoms with Gasteiger partial charge in [-0.3, -0.25) is 4.90 Å². The number of para-hydroxylation sites is 2. The first-order valence-electron chi connectivity index (χ1n) is 10.4. The molecule has 0 aliphatic carbocycles. The van der Waals surface area contributed by atoms with Crippen LogP contribution >= 0.6 is 12.2 Å². The zero-order valence-corrected chi connectivity index (χ0v) is 19.8. The maximum Gasteiger partial charge on any atom is 0.288 e. The lowest BCUT2D eigenvalue weighted by molar-refractivity contribution is 0.240. The second-order valence-electron chi connectivity index (χ2n) is 7.88. The SMILES string of the molecule is COc1ccccc1-c1nn(CN(C)Cc2c(C)nn(-c3ccccc3C)c2C)c(=S)o1. The molecule has 0 spiro atoms. The first-order chi connectivity index (χ1) is 15.4. The van der Waals surface area contributed by atoms with Crippen LogP contribution in [0.5, 0.6) is 5.75 Å². The highest BCUT2D eigenvalue weighted by atomic mass is 32.1. The van der Waals surface area contributed by atoms with E-state index in [1.165, 1.54) is 11.1 Å². The lowest BCUT2D eigenvalue weighted by Crippen LogP contribution is -2.23. The van der Waals surface area contributed by atoms with Crippen LogP contribution in [0.3, 0.4) is 0 Å². The van der Waals surface area contributed by atoms with Gasteiger partial charge in [0.1, 0.15) is 5.75 Å². The van der Waals surface area contributed by atoms with E-state index >= 15 is 0 Å². The molecule has 4 aromatic rings. The van der Waals surface area contributed by atoms with E-state index in [1.54, 1.807) is 11.8 Å². The average Bonchev–Trinajstić information content (AvgIpc) is 3.28. The van der Waals surface area contributed by atoms with Gasteiger partial charge in [0, 0.05) is 17.8 Å². The molecule has 0 saturated carbocycles. The van der Waals surface area contributed by atoms with Crippen LogP contribution in [0.1, 0.15) is 22.5 Å². The molecular weight excluding hydrogens is 422 g/mol. The summed E-state index contributed by atoms with van der Waals surface area (Å²) in [7, 11) is 3.66. The predicted octanol–water partition coefficient (Wildman–Crippen LogP) is 5.08. The number of aryl methyl sites for hydroxylation is 2. The molecule has 8 heteroatoms. The van der Waals surface area contributed by atoms with Gasteiger partial charge in [0.25, 0.3) is 10.7 Å². The fourth-order valence-corrected chi connectivity index (χ4v) is 3.99. The second kappa shape index (κ2) is 9.10. The summed E-state index contributed by atoms with van der Waals surface area (Å²) in [5.74, 6) is 1.14. The fraction of sp³-hybridized carbons (Fsp3) is 0.292. The fourth-order valence-electron chi connectivity index (χ4n) is 3.81. The molecule has 32 heavy (non-hydrogen) atoms. The first-order valence-corrected chi connectivity index (χ1v) is 10.8. The molecule has 2 heterocycles. The van der Waals surface area contributed by atoms with Gasteiger partial charge < -0.3 is 9.15 Å². The second-order valence-corrected chi connectivity index (χ2v) is 8.23. The van der Waals surface area contributed by atoms with E-state index in [0.29, 0.717) is 29.7 Å². The van der Waals surface area contributed by atoms with Gasteiger partial charge in [0.2, 0.25) is 0 Å². The van der Waals surface area contributed by atoms with Crippen molar-refractivity contribution >= 4 is 12.2 Å². The minimum absolute atomic E-state index is 0.321. The molecule has 0 atom stereocenters. The number of methoxy groups -OCH3 is 1. The maximum atomic E-state index is 5.76. The Balaban J connectivity index is 1.55. The van der Waals surface area contributed by atoms with Gasteiger partial charge in [-0.05, 0) is 63.8 Å². The van der Waals surface area contributed by atoms with Crippen molar-refractivity contribution in [3.8, 4) is 22.9 Å². The van der Waals surface area contributed by atoms with Crippen molar-refractivity contribution in [2.45, 2.75) is 34.0 Å². The van der Waals surface area contributed by atoms with E-state index in [9.17, 15) is 0 Å². The van der Waals surface area contributed by atoms with Crippen LogP contribution in [0, 0.1) is 25.6 Å². The molecular formula is C24H27N5O2S. The number of hydrogen-bond donors (Lipinski definition) is 0. The normalized spacial score (nSPS) is 11.3.